The van der Waals surface area contributed by atoms with Gasteiger partial charge in [-0.1, -0.05) is 5.16 Å². The van der Waals surface area contributed by atoms with Crippen LogP contribution >= 0.6 is 0 Å². The molecule has 3 heteroatoms. The lowest BCUT2D eigenvalue weighted by Crippen LogP contribution is -1.93. The van der Waals surface area contributed by atoms with Crippen LogP contribution in [0.25, 0.3) is 0 Å². The lowest BCUT2D eigenvalue weighted by molar-refractivity contribution is 0.369. The third-order valence-electron chi connectivity index (χ3n) is 0.522. The molecule has 0 atom stereocenters. The predicted octanol–water partition coefficient (Wildman–Crippen LogP) is 0.0348. The summed E-state index contributed by atoms with van der Waals surface area (Å²) in [5, 5.41) is 3.20. The van der Waals surface area contributed by atoms with Crippen LogP contribution in [0.2, 0.25) is 0 Å². The van der Waals surface area contributed by atoms with Crippen LogP contribution in [0.3, 0.4) is 0 Å². The van der Waals surface area contributed by atoms with E-state index in [-0.39, 0.29) is 0 Å². The van der Waals surface area contributed by atoms with Gasteiger partial charge in [0.1, 0.15) is 0 Å². The standard InChI is InChI=1S/C4H3NO2/c6-4-2-1-3-5-7-4/h1-3H. The van der Waals surface area contributed by atoms with Gasteiger partial charge in [0.2, 0.25) is 0 Å². The smallest absolute Gasteiger partial charge is 0.314 e. The van der Waals surface area contributed by atoms with Gasteiger partial charge in [-0.3, -0.25) is 0 Å². The molecule has 7 heavy (non-hydrogen) atoms. The van der Waals surface area contributed by atoms with Gasteiger partial charge < -0.3 is 4.52 Å². The summed E-state index contributed by atoms with van der Waals surface area (Å²) >= 11 is 0. The highest BCUT2D eigenvalue weighted by Crippen LogP contribution is 1.64. The summed E-state index contributed by atoms with van der Waals surface area (Å²) in [6.45, 7) is 0. The average molecular weight is 97.1 g/mol. The monoisotopic (exact) mass is 97.0 g/mol. The van der Waals surface area contributed by atoms with E-state index in [0.29, 0.717) is 0 Å². The minimum atomic E-state index is -0.414. The zero-order chi connectivity index (χ0) is 5.11. The maximum absolute atomic E-state index is 10.0. The van der Waals surface area contributed by atoms with Crippen molar-refractivity contribution in [3.63, 3.8) is 0 Å². The molecule has 3 nitrogen and oxygen atoms in total. The van der Waals surface area contributed by atoms with E-state index < -0.39 is 5.63 Å². The molecule has 0 aliphatic carbocycles. The second kappa shape index (κ2) is 1.55. The fourth-order valence-corrected chi connectivity index (χ4v) is 0.270. The van der Waals surface area contributed by atoms with E-state index in [9.17, 15) is 4.79 Å². The molecule has 0 bridgehead atoms. The quantitative estimate of drug-likeness (QED) is 0.459. The van der Waals surface area contributed by atoms with Gasteiger partial charge in [0, 0.05) is 6.07 Å². The fourth-order valence-electron chi connectivity index (χ4n) is 0.270. The van der Waals surface area contributed by atoms with E-state index in [1.165, 1.54) is 18.3 Å². The molecule has 0 spiro atoms. The summed E-state index contributed by atoms with van der Waals surface area (Å²) in [5.74, 6) is 0. The molecule has 0 amide bonds. The first-order chi connectivity index (χ1) is 3.39. The van der Waals surface area contributed by atoms with Gasteiger partial charge in [-0.05, 0) is 6.07 Å². The largest absolute Gasteiger partial charge is 0.358 e. The first kappa shape index (κ1) is 4.05. The third kappa shape index (κ3) is 0.855. The molecule has 1 heterocycles. The Kier molecular flexibility index (Phi) is 0.898. The van der Waals surface area contributed by atoms with Gasteiger partial charge in [0.05, 0.1) is 6.20 Å². The number of rotatable bonds is 0. The molecule has 0 aliphatic heterocycles. The zero-order valence-corrected chi connectivity index (χ0v) is 3.50. The minimum absolute atomic E-state index is 0.414. The van der Waals surface area contributed by atoms with Gasteiger partial charge in [0.25, 0.3) is 0 Å². The van der Waals surface area contributed by atoms with E-state index >= 15 is 0 Å². The fraction of sp³-hybridized carbons (Fsp3) is 0. The molecule has 36 valence electrons. The van der Waals surface area contributed by atoms with Crippen LogP contribution in [0.5, 0.6) is 0 Å². The Morgan fingerprint density at radius 1 is 1.71 bits per heavy atom. The van der Waals surface area contributed by atoms with E-state index in [4.69, 9.17) is 0 Å². The number of hydrogen-bond donors (Lipinski definition) is 0. The number of aromatic nitrogens is 1. The Hall–Kier alpha value is -1.12. The highest BCUT2D eigenvalue weighted by molar-refractivity contribution is 4.78. The molecule has 0 aliphatic rings. The topological polar surface area (TPSA) is 43.1 Å². The van der Waals surface area contributed by atoms with Crippen LogP contribution in [-0.2, 0) is 0 Å². The normalized spacial score (nSPS) is 8.57. The Balaban J connectivity index is 3.28. The first-order valence-electron chi connectivity index (χ1n) is 1.80. The van der Waals surface area contributed by atoms with Crippen molar-refractivity contribution in [3.8, 4) is 0 Å². The number of nitrogens with zero attached hydrogens (tertiary/aromatic N) is 1. The lowest BCUT2D eigenvalue weighted by atomic mass is 10.6. The summed E-state index contributed by atoms with van der Waals surface area (Å²) in [4.78, 5) is 10.0. The van der Waals surface area contributed by atoms with Crippen LogP contribution in [0.15, 0.2) is 27.6 Å². The number of hydrogen-bond acceptors (Lipinski definition) is 3. The summed E-state index contributed by atoms with van der Waals surface area (Å²) in [5.41, 5.74) is -0.414. The van der Waals surface area contributed by atoms with Crippen molar-refractivity contribution in [1.29, 1.82) is 0 Å². The van der Waals surface area contributed by atoms with E-state index in [1.54, 1.807) is 0 Å². The van der Waals surface area contributed by atoms with Gasteiger partial charge in [-0.2, -0.15) is 0 Å². The van der Waals surface area contributed by atoms with E-state index in [1.807, 2.05) is 0 Å². The van der Waals surface area contributed by atoms with Crippen LogP contribution < -0.4 is 5.63 Å². The average Bonchev–Trinajstić information content (AvgIpc) is 1.69. The Morgan fingerprint density at radius 2 is 2.57 bits per heavy atom. The molecule has 0 radical (unpaired) electrons. The zero-order valence-electron chi connectivity index (χ0n) is 3.50. The first-order valence-corrected chi connectivity index (χ1v) is 1.80. The molecule has 1 aromatic heterocycles. The van der Waals surface area contributed by atoms with Crippen molar-refractivity contribution in [2.45, 2.75) is 0 Å². The summed E-state index contributed by atoms with van der Waals surface area (Å²) in [7, 11) is 0. The van der Waals surface area contributed by atoms with Gasteiger partial charge in [-0.25, -0.2) is 4.79 Å². The van der Waals surface area contributed by atoms with Crippen molar-refractivity contribution in [1.82, 2.24) is 5.16 Å². The second-order valence-electron chi connectivity index (χ2n) is 1.02. The van der Waals surface area contributed by atoms with Gasteiger partial charge in [-0.15, -0.1) is 0 Å². The van der Waals surface area contributed by atoms with E-state index in [0.717, 1.165) is 0 Å². The highest BCUT2D eigenvalue weighted by Gasteiger charge is 1.74. The summed E-state index contributed by atoms with van der Waals surface area (Å²) in [6.07, 6.45) is 1.40. The van der Waals surface area contributed by atoms with Crippen LogP contribution in [0.1, 0.15) is 0 Å². The molecule has 0 N–H and O–H groups in total. The van der Waals surface area contributed by atoms with Crippen molar-refractivity contribution in [3.05, 3.63) is 28.7 Å². The Morgan fingerprint density at radius 3 is 2.86 bits per heavy atom. The molecule has 0 saturated heterocycles. The van der Waals surface area contributed by atoms with Crippen molar-refractivity contribution < 1.29 is 4.52 Å². The SMILES string of the molecule is O=c1cccno1. The van der Waals surface area contributed by atoms with Crippen molar-refractivity contribution in [2.24, 2.45) is 0 Å². The van der Waals surface area contributed by atoms with E-state index in [2.05, 4.69) is 9.68 Å². The highest BCUT2D eigenvalue weighted by atomic mass is 16.5. The second-order valence-corrected chi connectivity index (χ2v) is 1.02. The van der Waals surface area contributed by atoms with Crippen LogP contribution in [-0.4, -0.2) is 5.16 Å². The molecular formula is C4H3NO2. The van der Waals surface area contributed by atoms with Gasteiger partial charge in [0.15, 0.2) is 0 Å². The molecule has 1 rings (SSSR count). The maximum atomic E-state index is 10.0. The molecule has 0 aromatic carbocycles. The van der Waals surface area contributed by atoms with Crippen LogP contribution in [0, 0.1) is 0 Å². The van der Waals surface area contributed by atoms with Crippen molar-refractivity contribution in [2.75, 3.05) is 0 Å². The summed E-state index contributed by atoms with van der Waals surface area (Å²) < 4.78 is 4.12. The summed E-state index contributed by atoms with van der Waals surface area (Å²) in [6, 6.07) is 2.82. The molecule has 0 unspecified atom stereocenters. The third-order valence-corrected chi connectivity index (χ3v) is 0.522. The molecule has 0 fully saturated rings. The minimum Gasteiger partial charge on any atom is -0.314 e. The van der Waals surface area contributed by atoms with Crippen LogP contribution in [0.4, 0.5) is 0 Å². The molecule has 0 saturated carbocycles. The lowest BCUT2D eigenvalue weighted by Gasteiger charge is -1.70. The Bertz CT molecular complexity index is 175. The predicted molar refractivity (Wildman–Crippen MR) is 22.8 cm³/mol. The Labute approximate surface area is 39.6 Å². The van der Waals surface area contributed by atoms with Gasteiger partial charge >= 0.3 is 5.63 Å². The van der Waals surface area contributed by atoms with Crippen molar-refractivity contribution >= 4 is 0 Å². The maximum Gasteiger partial charge on any atom is 0.358 e. The molecular weight excluding hydrogens is 94.0 g/mol. The molecule has 1 aromatic rings.